The Balaban J connectivity index is 0.000000144. The first-order valence-corrected chi connectivity index (χ1v) is 38.0. The number of ether oxygens (including phenoxy) is 2. The molecule has 0 aromatic carbocycles. The predicted octanol–water partition coefficient (Wildman–Crippen LogP) is 11.4. The monoisotopic (exact) mass is 1680 g/mol. The van der Waals surface area contributed by atoms with Crippen LogP contribution in [0.25, 0.3) is 33.6 Å². The molecular weight excluding hydrogens is 1610 g/mol. The number of carbonyl (C=O) groups excluding carboxylic acids is 3. The summed E-state index contributed by atoms with van der Waals surface area (Å²) in [4.78, 5) is 87.8. The standard InChI is InChI=1S/C23H18ClFN6O2.C17H17N3O3.C15H13N3O3.C11H11ClN2.C8H7ClFN3.C6H7NO3.ClH.Li.2H2O/c24-16-5-6-30-12-27-17(22(30)21(16)25)8-26-23(32)18-11-33-20(29-18)7-15-10-31-9-14(13-1-2-13)3-4-19(31)28-15;1-2-22-17(21)14-10-23-16(19-14)7-13-9-20-8-12(11-3-4-11)5-6-15(20)18-13;19-15(20)12-8-21-14(17-12)5-11-7-18-6-10(9-1-2-9)3-4-13(18)16-11;12-5-10-7-14-6-9(8-1-2-8)3-4-11(14)13-10;9-5-1-2-13-4-12-6(3-11)8(13)7(5)10;1-2-10-6(8)5-3-9-4-7-5;;;;/h3-6,9-13H,1-2,7-8H2,(H,26,32);5-6,8-11H,2-4,7H2,1H3;3-4,6-9H,1-2,5H2,(H,19,20);3-4,6-8H,1-2,5H2;1-2,4H,3,11H2;3-4H,2H2,1H3;1H;;2*1H2/q;;;;;;;+1;;/p-1. The Labute approximate surface area is 703 Å². The van der Waals surface area contributed by atoms with Crippen LogP contribution in [-0.4, -0.2) is 129 Å². The van der Waals surface area contributed by atoms with Crippen LogP contribution in [0, 0.1) is 11.6 Å². The average molecular weight is 1690 g/mol. The molecule has 0 saturated heterocycles. The van der Waals surface area contributed by atoms with Crippen LogP contribution in [0.4, 0.5) is 8.78 Å². The molecule has 118 heavy (non-hydrogen) atoms. The molecule has 31 nitrogen and oxygen atoms in total. The van der Waals surface area contributed by atoms with E-state index in [0.29, 0.717) is 90.7 Å². The van der Waals surface area contributed by atoms with Gasteiger partial charge in [0.25, 0.3) is 5.91 Å². The molecule has 16 aromatic heterocycles. The largest absolute Gasteiger partial charge is 1.00 e. The van der Waals surface area contributed by atoms with Crippen molar-refractivity contribution < 1.29 is 90.0 Å². The topological polar surface area (TPSA) is 414 Å². The summed E-state index contributed by atoms with van der Waals surface area (Å²) in [6.07, 6.45) is 40.3. The molecule has 4 aliphatic rings. The average Bonchev–Trinajstić information content (AvgIpc) is 1.68. The number of fused-ring (bicyclic) bond motifs is 6. The summed E-state index contributed by atoms with van der Waals surface area (Å²) in [6, 6.07) is 19.6. The van der Waals surface area contributed by atoms with Crippen molar-refractivity contribution in [3.63, 3.8) is 0 Å². The number of esters is 2. The Kier molecular flexibility index (Phi) is 28.9. The fourth-order valence-corrected chi connectivity index (χ4v) is 13.0. The number of carboxylic acids is 1. The third-order valence-corrected chi connectivity index (χ3v) is 19.7. The van der Waals surface area contributed by atoms with Crippen LogP contribution in [0.2, 0.25) is 10.0 Å². The van der Waals surface area contributed by atoms with Gasteiger partial charge in [-0.05, 0) is 148 Å². The quantitative estimate of drug-likeness (QED) is 0.0362. The molecule has 0 radical (unpaired) electrons. The second-order valence-corrected chi connectivity index (χ2v) is 28.4. The zero-order valence-corrected chi connectivity index (χ0v) is 66.8. The molecule has 0 unspecified atom stereocenters. The summed E-state index contributed by atoms with van der Waals surface area (Å²) < 4.78 is 69.1. The molecule has 1 amide bonds. The van der Waals surface area contributed by atoms with E-state index in [0.717, 1.165) is 57.5 Å². The molecule has 4 aliphatic carbocycles. The molecule has 608 valence electrons. The van der Waals surface area contributed by atoms with Gasteiger partial charge in [-0.3, -0.25) is 4.79 Å². The van der Waals surface area contributed by atoms with Gasteiger partial charge in [-0.15, -0.1) is 24.0 Å². The minimum absolute atomic E-state index is 0. The third kappa shape index (κ3) is 21.2. The van der Waals surface area contributed by atoms with Crippen molar-refractivity contribution in [1.29, 1.82) is 0 Å². The van der Waals surface area contributed by atoms with Crippen molar-refractivity contribution in [2.75, 3.05) is 13.2 Å². The first-order valence-electron chi connectivity index (χ1n) is 36.7. The fourth-order valence-electron chi connectivity index (χ4n) is 12.6. The summed E-state index contributed by atoms with van der Waals surface area (Å²) in [7, 11) is 0. The number of halogens is 6. The molecule has 4 fully saturated rings. The number of alkyl halides is 1. The minimum atomic E-state index is -1.09. The number of nitrogens with zero attached hydrogens (tertiary/aromatic N) is 16. The molecule has 4 saturated carbocycles. The molecule has 16 heterocycles. The fraction of sp³-hybridized carbons (Fsp3) is 0.275. The zero-order valence-electron chi connectivity index (χ0n) is 63.7. The number of carboxylic acid groups (broad SMARTS) is 1. The van der Waals surface area contributed by atoms with Gasteiger partial charge < -0.3 is 80.7 Å². The van der Waals surface area contributed by atoms with Gasteiger partial charge >= 0.3 is 36.8 Å². The van der Waals surface area contributed by atoms with Crippen molar-refractivity contribution in [2.45, 2.75) is 127 Å². The number of oxazole rings is 4. The number of amides is 1. The second-order valence-electron chi connectivity index (χ2n) is 27.3. The van der Waals surface area contributed by atoms with E-state index < -0.39 is 35.4 Å². The van der Waals surface area contributed by atoms with Crippen LogP contribution in [0.15, 0.2) is 184 Å². The van der Waals surface area contributed by atoms with Gasteiger partial charge in [-0.1, -0.05) is 47.5 Å². The molecule has 0 aliphatic heterocycles. The maximum Gasteiger partial charge on any atom is 1.00 e. The van der Waals surface area contributed by atoms with E-state index >= 15 is 0 Å². The Hall–Kier alpha value is -11.6. The number of carbonyl (C=O) groups is 4. The minimum Gasteiger partial charge on any atom is -0.870 e. The second kappa shape index (κ2) is 39.1. The van der Waals surface area contributed by atoms with Crippen LogP contribution in [-0.2, 0) is 47.7 Å². The predicted molar refractivity (Wildman–Crippen MR) is 424 cm³/mol. The van der Waals surface area contributed by atoms with Crippen molar-refractivity contribution >= 4 is 105 Å². The number of aromatic carboxylic acids is 1. The maximum atomic E-state index is 14.4. The molecule has 7 N–H and O–H groups in total. The molecule has 20 rings (SSSR count). The van der Waals surface area contributed by atoms with Gasteiger partial charge in [0.1, 0.15) is 58.7 Å². The van der Waals surface area contributed by atoms with Crippen molar-refractivity contribution in [2.24, 2.45) is 5.73 Å². The number of hydrogen-bond acceptors (Lipinski definition) is 22. The van der Waals surface area contributed by atoms with Gasteiger partial charge in [-0.25, -0.2) is 73.0 Å². The van der Waals surface area contributed by atoms with E-state index in [9.17, 15) is 28.0 Å². The molecule has 0 spiro atoms. The Morgan fingerprint density at radius 3 is 1.26 bits per heavy atom. The molecule has 38 heteroatoms. The maximum absolute atomic E-state index is 14.4. The Morgan fingerprint density at radius 2 is 0.881 bits per heavy atom. The number of imidazole rings is 6. The smallest absolute Gasteiger partial charge is 0.870 e. The van der Waals surface area contributed by atoms with E-state index in [1.165, 1.54) is 128 Å². The van der Waals surface area contributed by atoms with Gasteiger partial charge in [0, 0.05) is 68.5 Å². The van der Waals surface area contributed by atoms with E-state index in [1.807, 2.05) is 56.2 Å². The van der Waals surface area contributed by atoms with E-state index in [-0.39, 0.29) is 93.6 Å². The summed E-state index contributed by atoms with van der Waals surface area (Å²) in [5.74, 6) is 1.06. The van der Waals surface area contributed by atoms with Gasteiger partial charge in [0.05, 0.1) is 102 Å². The number of rotatable bonds is 20. The molecule has 16 aromatic rings. The van der Waals surface area contributed by atoms with Gasteiger partial charge in [0.2, 0.25) is 17.7 Å². The molecular formula is C80H77Cl4F2LiN18O13. The van der Waals surface area contributed by atoms with Gasteiger partial charge in [-0.2, -0.15) is 0 Å². The first-order chi connectivity index (χ1) is 55.4. The van der Waals surface area contributed by atoms with Crippen molar-refractivity contribution in [1.82, 2.24) is 81.6 Å². The van der Waals surface area contributed by atoms with E-state index in [2.05, 4.69) is 124 Å². The summed E-state index contributed by atoms with van der Waals surface area (Å²) >= 11 is 17.2. The van der Waals surface area contributed by atoms with Crippen LogP contribution in [0.1, 0.15) is 205 Å². The number of nitrogens with two attached hydrogens (primary N) is 1. The summed E-state index contributed by atoms with van der Waals surface area (Å²) in [5.41, 5.74) is 19.8. The van der Waals surface area contributed by atoms with Crippen LogP contribution < -0.4 is 29.9 Å². The molecule has 0 atom stereocenters. The van der Waals surface area contributed by atoms with Crippen molar-refractivity contribution in [3.8, 4) is 0 Å². The first kappa shape index (κ1) is 87.2. The third-order valence-electron chi connectivity index (χ3n) is 18.9. The zero-order chi connectivity index (χ0) is 79.1. The van der Waals surface area contributed by atoms with Crippen LogP contribution in [0.5, 0.6) is 0 Å². The Bertz CT molecular complexity index is 6160. The van der Waals surface area contributed by atoms with Gasteiger partial charge in [0.15, 0.2) is 40.8 Å². The van der Waals surface area contributed by atoms with Crippen molar-refractivity contribution in [3.05, 3.63) is 285 Å². The van der Waals surface area contributed by atoms with E-state index in [1.54, 1.807) is 30.6 Å². The van der Waals surface area contributed by atoms with Crippen LogP contribution in [0.3, 0.4) is 0 Å². The number of hydrogen-bond donors (Lipinski definition) is 3. The normalized spacial score (nSPS) is 13.2. The number of aromatic nitrogens is 16. The SMILES string of the molecule is CCOC(=O)c1coc(Cc2cn3cc(C4CC4)ccc3n2)n1.CCOC(=O)c1cocn1.Cl.ClCc1cn2cc(C3CC3)ccc2n1.NCc1ncn2ccc(Cl)c(F)c12.O.O=C(NCc1ncn2ccc(Cl)c(F)c12)c1coc(Cc2cn3cc(C4CC4)ccc3n2)n1.O=C(O)c1coc(Cc2cn3cc(C4CC4)ccc3n2)n1.[Li+].[OH-]. The number of pyridine rings is 6. The number of nitrogens with one attached hydrogen (secondary N) is 1. The summed E-state index contributed by atoms with van der Waals surface area (Å²) in [6.45, 7) is 4.38. The Morgan fingerprint density at radius 1 is 0.508 bits per heavy atom. The van der Waals surface area contributed by atoms with E-state index in [4.69, 9.17) is 63.6 Å². The molecule has 0 bridgehead atoms. The summed E-state index contributed by atoms with van der Waals surface area (Å²) in [5, 5.41) is 11.6. The van der Waals surface area contributed by atoms with Crippen LogP contribution >= 0.6 is 47.2 Å².